The summed E-state index contributed by atoms with van der Waals surface area (Å²) < 4.78 is 6.38. The normalized spacial score (nSPS) is 10.2. The molecule has 98 valence electrons. The first-order valence-electron chi connectivity index (χ1n) is 5.68. The van der Waals surface area contributed by atoms with Gasteiger partial charge < -0.3 is 4.74 Å². The number of hydrogen-bond acceptors (Lipinski definition) is 3. The molecule has 19 heavy (non-hydrogen) atoms. The maximum absolute atomic E-state index is 5.89. The van der Waals surface area contributed by atoms with Gasteiger partial charge in [-0.15, -0.1) is 6.58 Å². The van der Waals surface area contributed by atoms with Crippen LogP contribution in [0.25, 0.3) is 0 Å². The molecule has 2 heterocycles. The molecule has 0 saturated carbocycles. The van der Waals surface area contributed by atoms with E-state index in [1.54, 1.807) is 12.3 Å². The van der Waals surface area contributed by atoms with Crippen LogP contribution in [0.2, 0.25) is 5.15 Å². The molecule has 0 saturated heterocycles. The van der Waals surface area contributed by atoms with E-state index in [9.17, 15) is 0 Å². The lowest BCUT2D eigenvalue weighted by Crippen LogP contribution is -2.02. The zero-order valence-electron chi connectivity index (χ0n) is 10.1. The van der Waals surface area contributed by atoms with E-state index in [1.165, 1.54) is 0 Å². The highest BCUT2D eigenvalue weighted by molar-refractivity contribution is 9.10. The molecular formula is C14H12BrClN2O. The Balaban J connectivity index is 2.12. The van der Waals surface area contributed by atoms with Crippen LogP contribution in [-0.4, -0.2) is 9.97 Å². The quantitative estimate of drug-likeness (QED) is 0.605. The van der Waals surface area contributed by atoms with Crippen LogP contribution in [0.3, 0.4) is 0 Å². The maximum atomic E-state index is 5.89. The zero-order valence-corrected chi connectivity index (χ0v) is 12.5. The summed E-state index contributed by atoms with van der Waals surface area (Å²) in [6.07, 6.45) is 4.28. The Morgan fingerprint density at radius 1 is 1.37 bits per heavy atom. The highest BCUT2D eigenvalue weighted by atomic mass is 79.9. The Kier molecular flexibility index (Phi) is 4.93. The average Bonchev–Trinajstić information content (AvgIpc) is 2.38. The van der Waals surface area contributed by atoms with Gasteiger partial charge in [-0.3, -0.25) is 0 Å². The number of aromatic nitrogens is 2. The first-order chi connectivity index (χ1) is 9.19. The fraction of sp³-hybridized carbons (Fsp3) is 0.143. The molecule has 0 aliphatic heterocycles. The smallest absolute Gasteiger partial charge is 0.214 e. The van der Waals surface area contributed by atoms with E-state index in [2.05, 4.69) is 32.5 Å². The van der Waals surface area contributed by atoms with E-state index < -0.39 is 0 Å². The van der Waals surface area contributed by atoms with Crippen molar-refractivity contribution >= 4 is 27.5 Å². The molecule has 0 aliphatic carbocycles. The molecule has 0 aliphatic rings. The van der Waals surface area contributed by atoms with E-state index in [4.69, 9.17) is 16.3 Å². The fourth-order valence-corrected chi connectivity index (χ4v) is 2.10. The topological polar surface area (TPSA) is 35.0 Å². The summed E-state index contributed by atoms with van der Waals surface area (Å²) in [7, 11) is 0. The highest BCUT2D eigenvalue weighted by Gasteiger charge is 2.05. The van der Waals surface area contributed by atoms with E-state index in [0.29, 0.717) is 17.6 Å². The lowest BCUT2D eigenvalue weighted by molar-refractivity contribution is 0.292. The van der Waals surface area contributed by atoms with E-state index in [-0.39, 0.29) is 0 Å². The van der Waals surface area contributed by atoms with Crippen molar-refractivity contribution in [2.45, 2.75) is 13.0 Å². The molecule has 0 bridgehead atoms. The van der Waals surface area contributed by atoms with Crippen LogP contribution in [0, 0.1) is 0 Å². The second kappa shape index (κ2) is 6.68. The molecule has 0 fully saturated rings. The maximum Gasteiger partial charge on any atom is 0.214 e. The van der Waals surface area contributed by atoms with Crippen LogP contribution in [0.4, 0.5) is 0 Å². The summed E-state index contributed by atoms with van der Waals surface area (Å²) in [6.45, 7) is 4.13. The molecule has 0 atom stereocenters. The van der Waals surface area contributed by atoms with Crippen molar-refractivity contribution in [3.63, 3.8) is 0 Å². The molecule has 0 amide bonds. The van der Waals surface area contributed by atoms with Crippen molar-refractivity contribution in [2.24, 2.45) is 0 Å². The monoisotopic (exact) mass is 338 g/mol. The molecule has 2 rings (SSSR count). The first-order valence-corrected chi connectivity index (χ1v) is 6.85. The summed E-state index contributed by atoms with van der Waals surface area (Å²) in [6, 6.07) is 7.36. The largest absolute Gasteiger partial charge is 0.473 e. The Hall–Kier alpha value is -1.39. The predicted octanol–water partition coefficient (Wildman–Crippen LogP) is 4.20. The molecule has 0 unspecified atom stereocenters. The Morgan fingerprint density at radius 2 is 2.21 bits per heavy atom. The van der Waals surface area contributed by atoms with Crippen molar-refractivity contribution in [3.8, 4) is 5.88 Å². The van der Waals surface area contributed by atoms with Gasteiger partial charge >= 0.3 is 0 Å². The van der Waals surface area contributed by atoms with Gasteiger partial charge in [0.1, 0.15) is 16.4 Å². The van der Waals surface area contributed by atoms with Gasteiger partial charge in [0.15, 0.2) is 0 Å². The Bertz CT molecular complexity index is 589. The van der Waals surface area contributed by atoms with E-state index in [0.717, 1.165) is 22.2 Å². The summed E-state index contributed by atoms with van der Waals surface area (Å²) in [4.78, 5) is 8.28. The number of pyridine rings is 2. The molecule has 2 aromatic heterocycles. The van der Waals surface area contributed by atoms with Crippen LogP contribution < -0.4 is 4.74 Å². The van der Waals surface area contributed by atoms with Crippen LogP contribution in [0.15, 0.2) is 47.7 Å². The van der Waals surface area contributed by atoms with Crippen LogP contribution in [0.5, 0.6) is 5.88 Å². The second-order valence-electron chi connectivity index (χ2n) is 3.86. The van der Waals surface area contributed by atoms with Crippen molar-refractivity contribution in [1.29, 1.82) is 0 Å². The average molecular weight is 340 g/mol. The third-order valence-electron chi connectivity index (χ3n) is 2.48. The molecular weight excluding hydrogens is 328 g/mol. The lowest BCUT2D eigenvalue weighted by Gasteiger charge is -2.09. The fourth-order valence-electron chi connectivity index (χ4n) is 1.59. The Morgan fingerprint density at radius 3 is 2.95 bits per heavy atom. The molecule has 5 heteroatoms. The Labute approximate surface area is 125 Å². The number of halogens is 2. The number of rotatable bonds is 5. The van der Waals surface area contributed by atoms with Gasteiger partial charge in [0.05, 0.1) is 0 Å². The molecule has 0 N–H and O–H groups in total. The van der Waals surface area contributed by atoms with Gasteiger partial charge in [-0.05, 0) is 40.0 Å². The van der Waals surface area contributed by atoms with Gasteiger partial charge in [0.2, 0.25) is 5.88 Å². The summed E-state index contributed by atoms with van der Waals surface area (Å²) in [5.41, 5.74) is 2.04. The number of allylic oxidation sites excluding steroid dienone is 1. The molecule has 3 nitrogen and oxygen atoms in total. The molecule has 2 aromatic rings. The number of nitrogens with zero attached hydrogens (tertiary/aromatic N) is 2. The third kappa shape index (κ3) is 4.04. The third-order valence-corrected chi connectivity index (χ3v) is 3.13. The lowest BCUT2D eigenvalue weighted by atomic mass is 10.1. The molecule has 0 spiro atoms. The first kappa shape index (κ1) is 14.0. The van der Waals surface area contributed by atoms with Gasteiger partial charge in [0.25, 0.3) is 0 Å². The van der Waals surface area contributed by atoms with Crippen molar-refractivity contribution in [2.75, 3.05) is 0 Å². The minimum atomic E-state index is 0.400. The number of hydrogen-bond donors (Lipinski definition) is 0. The van der Waals surface area contributed by atoms with Gasteiger partial charge in [-0.2, -0.15) is 0 Å². The van der Waals surface area contributed by atoms with Gasteiger partial charge in [-0.1, -0.05) is 23.7 Å². The van der Waals surface area contributed by atoms with Crippen molar-refractivity contribution in [3.05, 3.63) is 64.0 Å². The van der Waals surface area contributed by atoms with Gasteiger partial charge in [0, 0.05) is 17.8 Å². The van der Waals surface area contributed by atoms with Gasteiger partial charge in [-0.25, -0.2) is 9.97 Å². The molecule has 0 aromatic carbocycles. The van der Waals surface area contributed by atoms with Crippen molar-refractivity contribution < 1.29 is 4.74 Å². The molecule has 0 radical (unpaired) electrons. The second-order valence-corrected chi connectivity index (χ2v) is 5.06. The van der Waals surface area contributed by atoms with Crippen molar-refractivity contribution in [1.82, 2.24) is 9.97 Å². The SMILES string of the molecule is C=CCc1cc(Cl)ncc1COc1cccc(Br)n1. The minimum Gasteiger partial charge on any atom is -0.473 e. The zero-order chi connectivity index (χ0) is 13.7. The summed E-state index contributed by atoms with van der Waals surface area (Å²) in [5, 5.41) is 0.473. The van der Waals surface area contributed by atoms with Crippen LogP contribution in [0.1, 0.15) is 11.1 Å². The van der Waals surface area contributed by atoms with E-state index in [1.807, 2.05) is 24.3 Å². The minimum absolute atomic E-state index is 0.400. The standard InChI is InChI=1S/C14H12BrClN2O/c1-2-4-10-7-13(16)17-8-11(10)9-19-14-6-3-5-12(15)18-14/h2-3,5-8H,1,4,9H2. The van der Waals surface area contributed by atoms with Crippen LogP contribution in [-0.2, 0) is 13.0 Å². The van der Waals surface area contributed by atoms with E-state index >= 15 is 0 Å². The van der Waals surface area contributed by atoms with Crippen LogP contribution >= 0.6 is 27.5 Å². The number of ether oxygens (including phenoxy) is 1. The summed E-state index contributed by atoms with van der Waals surface area (Å²) in [5.74, 6) is 0.564. The predicted molar refractivity (Wildman–Crippen MR) is 79.4 cm³/mol. The summed E-state index contributed by atoms with van der Waals surface area (Å²) >= 11 is 9.19. The highest BCUT2D eigenvalue weighted by Crippen LogP contribution is 2.18.